The van der Waals surface area contributed by atoms with Crippen LogP contribution in [0, 0.1) is 5.92 Å². The van der Waals surface area contributed by atoms with Crippen molar-refractivity contribution < 1.29 is 24.2 Å². The Labute approximate surface area is 153 Å². The highest BCUT2D eigenvalue weighted by Crippen LogP contribution is 2.32. The van der Waals surface area contributed by atoms with E-state index in [4.69, 9.17) is 9.47 Å². The van der Waals surface area contributed by atoms with Gasteiger partial charge in [0.1, 0.15) is 6.29 Å². The molecule has 0 radical (unpaired) electrons. The second kappa shape index (κ2) is 8.51. The first-order chi connectivity index (χ1) is 12.6. The van der Waals surface area contributed by atoms with Crippen molar-refractivity contribution in [2.45, 2.75) is 38.3 Å². The van der Waals surface area contributed by atoms with Gasteiger partial charge in [-0.2, -0.15) is 0 Å². The van der Waals surface area contributed by atoms with Crippen molar-refractivity contribution in [2.75, 3.05) is 26.5 Å². The van der Waals surface area contributed by atoms with Crippen LogP contribution in [0.1, 0.15) is 36.5 Å². The summed E-state index contributed by atoms with van der Waals surface area (Å²) in [5.74, 6) is 1.08. The number of rotatable bonds is 8. The molecule has 1 fully saturated rings. The lowest BCUT2D eigenvalue weighted by Crippen LogP contribution is -2.40. The second-order valence-corrected chi connectivity index (χ2v) is 7.10. The molecule has 0 bridgehead atoms. The highest BCUT2D eigenvalue weighted by molar-refractivity contribution is 5.96. The molecule has 2 N–H and O–H groups in total. The van der Waals surface area contributed by atoms with Crippen LogP contribution in [0.2, 0.25) is 0 Å². The minimum Gasteiger partial charge on any atom is -0.454 e. The van der Waals surface area contributed by atoms with Gasteiger partial charge in [0.2, 0.25) is 6.79 Å². The van der Waals surface area contributed by atoms with Crippen molar-refractivity contribution in [2.24, 2.45) is 5.92 Å². The van der Waals surface area contributed by atoms with Gasteiger partial charge in [-0.05, 0) is 49.9 Å². The molecule has 1 aromatic rings. The number of aliphatic hydroxyl groups is 1. The van der Waals surface area contributed by atoms with E-state index >= 15 is 0 Å². The quantitative estimate of drug-likeness (QED) is 0.676. The fourth-order valence-electron chi connectivity index (χ4n) is 3.69. The Bertz CT molecular complexity index is 651. The van der Waals surface area contributed by atoms with Crippen molar-refractivity contribution in [3.63, 3.8) is 0 Å². The molecule has 0 aromatic heterocycles. The first-order valence-corrected chi connectivity index (χ1v) is 9.11. The highest BCUT2D eigenvalue weighted by atomic mass is 16.7. The number of carbonyl (C=O) groups is 2. The van der Waals surface area contributed by atoms with Gasteiger partial charge in [0.25, 0.3) is 5.91 Å². The Kier molecular flexibility index (Phi) is 6.11. The van der Waals surface area contributed by atoms with Gasteiger partial charge in [-0.3, -0.25) is 9.69 Å². The van der Waals surface area contributed by atoms with E-state index in [9.17, 15) is 14.7 Å². The lowest BCUT2D eigenvalue weighted by Gasteiger charge is -2.27. The fourth-order valence-corrected chi connectivity index (χ4v) is 3.69. The number of carbonyl (C=O) groups excluding carboxylic acids is 2. The Morgan fingerprint density at radius 2 is 2.23 bits per heavy atom. The predicted molar refractivity (Wildman–Crippen MR) is 95.3 cm³/mol. The van der Waals surface area contributed by atoms with Crippen LogP contribution in [-0.2, 0) is 4.79 Å². The standard InChI is InChI=1S/C19H26N2O5/c1-13(9-21-6-2-3-16(21)11-23)7-15(10-22)20-19(24)14-4-5-17-18(8-14)26-12-25-17/h4-5,8,10,13,15-16,23H,2-3,6-7,9,11-12H2,1H3,(H,20,24)/t13-,15?,16?/m1/s1. The molecule has 2 aliphatic heterocycles. The van der Waals surface area contributed by atoms with Crippen LogP contribution in [0.4, 0.5) is 0 Å². The van der Waals surface area contributed by atoms with Crippen LogP contribution in [0.15, 0.2) is 18.2 Å². The molecule has 1 saturated heterocycles. The Morgan fingerprint density at radius 3 is 3.00 bits per heavy atom. The molecule has 7 nitrogen and oxygen atoms in total. The largest absolute Gasteiger partial charge is 0.454 e. The smallest absolute Gasteiger partial charge is 0.251 e. The summed E-state index contributed by atoms with van der Waals surface area (Å²) < 4.78 is 10.5. The van der Waals surface area contributed by atoms with Gasteiger partial charge < -0.3 is 24.7 Å². The number of likely N-dealkylation sites (tertiary alicyclic amines) is 1. The number of nitrogens with zero attached hydrogens (tertiary/aromatic N) is 1. The molecule has 1 amide bonds. The molecule has 0 spiro atoms. The van der Waals surface area contributed by atoms with Crippen molar-refractivity contribution >= 4 is 12.2 Å². The molecule has 7 heteroatoms. The minimum atomic E-state index is -0.543. The summed E-state index contributed by atoms with van der Waals surface area (Å²) in [6, 6.07) is 4.65. The van der Waals surface area contributed by atoms with Crippen LogP contribution in [0.3, 0.4) is 0 Å². The molecule has 3 rings (SSSR count). The van der Waals surface area contributed by atoms with Crippen molar-refractivity contribution in [1.29, 1.82) is 0 Å². The topological polar surface area (TPSA) is 88.1 Å². The van der Waals surface area contributed by atoms with Gasteiger partial charge >= 0.3 is 0 Å². The van der Waals surface area contributed by atoms with E-state index in [0.717, 1.165) is 32.2 Å². The normalized spacial score (nSPS) is 21.4. The highest BCUT2D eigenvalue weighted by Gasteiger charge is 2.26. The number of fused-ring (bicyclic) bond motifs is 1. The summed E-state index contributed by atoms with van der Waals surface area (Å²) in [7, 11) is 0. The first-order valence-electron chi connectivity index (χ1n) is 9.11. The van der Waals surface area contributed by atoms with E-state index in [1.807, 2.05) is 0 Å². The number of benzene rings is 1. The summed E-state index contributed by atoms with van der Waals surface area (Å²) in [5, 5.41) is 12.2. The molecule has 142 valence electrons. The summed E-state index contributed by atoms with van der Waals surface area (Å²) in [6.07, 6.45) is 3.46. The third-order valence-electron chi connectivity index (χ3n) is 5.03. The molecule has 2 unspecified atom stereocenters. The SMILES string of the molecule is C[C@H](CC(C=O)NC(=O)c1ccc2c(c1)OCO2)CN1CCCC1CO. The number of hydrogen-bond acceptors (Lipinski definition) is 6. The predicted octanol–water partition coefficient (Wildman–Crippen LogP) is 1.20. The number of hydrogen-bond donors (Lipinski definition) is 2. The molecular weight excluding hydrogens is 336 g/mol. The van der Waals surface area contributed by atoms with Gasteiger partial charge in [0.15, 0.2) is 11.5 Å². The zero-order valence-electron chi connectivity index (χ0n) is 15.0. The minimum absolute atomic E-state index is 0.153. The maximum Gasteiger partial charge on any atom is 0.251 e. The van der Waals surface area contributed by atoms with Gasteiger partial charge in [-0.1, -0.05) is 6.92 Å². The maximum absolute atomic E-state index is 12.4. The lowest BCUT2D eigenvalue weighted by atomic mass is 10.0. The van der Waals surface area contributed by atoms with Crippen LogP contribution in [-0.4, -0.2) is 60.8 Å². The van der Waals surface area contributed by atoms with Crippen LogP contribution < -0.4 is 14.8 Å². The molecule has 2 aliphatic rings. The Hall–Kier alpha value is -2.12. The Balaban J connectivity index is 1.53. The van der Waals surface area contributed by atoms with E-state index in [1.165, 1.54) is 0 Å². The monoisotopic (exact) mass is 362 g/mol. The van der Waals surface area contributed by atoms with E-state index in [2.05, 4.69) is 17.1 Å². The summed E-state index contributed by atoms with van der Waals surface area (Å²) in [5.41, 5.74) is 0.439. The van der Waals surface area contributed by atoms with E-state index in [0.29, 0.717) is 23.5 Å². The van der Waals surface area contributed by atoms with Crippen LogP contribution >= 0.6 is 0 Å². The lowest BCUT2D eigenvalue weighted by molar-refractivity contribution is -0.109. The molecule has 3 atom stereocenters. The number of aldehydes is 1. The maximum atomic E-state index is 12.4. The van der Waals surface area contributed by atoms with Gasteiger partial charge in [0, 0.05) is 18.2 Å². The average molecular weight is 362 g/mol. The van der Waals surface area contributed by atoms with E-state index < -0.39 is 6.04 Å². The third kappa shape index (κ3) is 4.34. The van der Waals surface area contributed by atoms with Crippen LogP contribution in [0.5, 0.6) is 11.5 Å². The molecule has 2 heterocycles. The second-order valence-electron chi connectivity index (χ2n) is 7.10. The van der Waals surface area contributed by atoms with Crippen LogP contribution in [0.25, 0.3) is 0 Å². The number of nitrogens with one attached hydrogen (secondary N) is 1. The van der Waals surface area contributed by atoms with Crippen molar-refractivity contribution in [3.05, 3.63) is 23.8 Å². The molecule has 0 aliphatic carbocycles. The third-order valence-corrected chi connectivity index (χ3v) is 5.03. The molecular formula is C19H26N2O5. The summed E-state index contributed by atoms with van der Waals surface area (Å²) in [6.45, 7) is 4.18. The average Bonchev–Trinajstić information content (AvgIpc) is 3.28. The molecule has 26 heavy (non-hydrogen) atoms. The first kappa shape index (κ1) is 18.7. The van der Waals surface area contributed by atoms with Gasteiger partial charge in [-0.25, -0.2) is 0 Å². The van der Waals surface area contributed by atoms with E-state index in [1.54, 1.807) is 18.2 Å². The fraction of sp³-hybridized carbons (Fsp3) is 0.579. The van der Waals surface area contributed by atoms with Crippen molar-refractivity contribution in [1.82, 2.24) is 10.2 Å². The number of ether oxygens (including phenoxy) is 2. The van der Waals surface area contributed by atoms with Gasteiger partial charge in [-0.15, -0.1) is 0 Å². The van der Waals surface area contributed by atoms with E-state index in [-0.39, 0.29) is 31.3 Å². The molecule has 0 saturated carbocycles. The molecule has 1 aromatic carbocycles. The zero-order valence-corrected chi connectivity index (χ0v) is 15.0. The zero-order chi connectivity index (χ0) is 18.5. The summed E-state index contributed by atoms with van der Waals surface area (Å²) in [4.78, 5) is 26.1. The van der Waals surface area contributed by atoms with Crippen molar-refractivity contribution in [3.8, 4) is 11.5 Å². The van der Waals surface area contributed by atoms with Gasteiger partial charge in [0.05, 0.1) is 12.6 Å². The number of amides is 1. The summed E-state index contributed by atoms with van der Waals surface area (Å²) >= 11 is 0. The number of aliphatic hydroxyl groups excluding tert-OH is 1. The Morgan fingerprint density at radius 1 is 1.42 bits per heavy atom.